The summed E-state index contributed by atoms with van der Waals surface area (Å²) in [7, 11) is 0. The quantitative estimate of drug-likeness (QED) is 0.707. The van der Waals surface area contributed by atoms with Crippen LogP contribution >= 0.6 is 22.7 Å². The van der Waals surface area contributed by atoms with Crippen molar-refractivity contribution in [2.24, 2.45) is 5.92 Å². The molecule has 3 aromatic rings. The second kappa shape index (κ2) is 6.72. The van der Waals surface area contributed by atoms with E-state index in [1.54, 1.807) is 11.3 Å². The minimum atomic E-state index is -0.131. The average molecular weight is 374 g/mol. The van der Waals surface area contributed by atoms with Crippen LogP contribution in [0.1, 0.15) is 19.8 Å². The predicted molar refractivity (Wildman–Crippen MR) is 102 cm³/mol. The molecule has 1 atom stereocenters. The molecule has 0 aliphatic carbocycles. The molecule has 0 spiro atoms. The Morgan fingerprint density at radius 2 is 2.28 bits per heavy atom. The molecule has 1 aliphatic rings. The van der Waals surface area contributed by atoms with Crippen molar-refractivity contribution in [3.05, 3.63) is 39.6 Å². The number of likely N-dealkylation sites (tertiary alicyclic amines) is 1. The molecule has 25 heavy (non-hydrogen) atoms. The molecule has 1 fully saturated rings. The summed E-state index contributed by atoms with van der Waals surface area (Å²) in [6.45, 7) is 3.79. The van der Waals surface area contributed by atoms with E-state index in [1.165, 1.54) is 22.2 Å². The van der Waals surface area contributed by atoms with Gasteiger partial charge in [0.2, 0.25) is 5.91 Å². The SMILES string of the molecule is C[C@@H]1CCCN(C(=O)Cn2cnc3scc(-c4cccs4)c3c2=O)C1. The molecule has 5 nitrogen and oxygen atoms in total. The Balaban J connectivity index is 1.66. The Labute approximate surface area is 153 Å². The van der Waals surface area contributed by atoms with Crippen molar-refractivity contribution in [3.8, 4) is 10.4 Å². The van der Waals surface area contributed by atoms with Crippen molar-refractivity contribution < 1.29 is 4.79 Å². The average Bonchev–Trinajstić information content (AvgIpc) is 3.26. The third-order valence-corrected chi connectivity index (χ3v) is 6.45. The van der Waals surface area contributed by atoms with Gasteiger partial charge in [-0.1, -0.05) is 13.0 Å². The Bertz CT molecular complexity index is 959. The van der Waals surface area contributed by atoms with E-state index < -0.39 is 0 Å². The van der Waals surface area contributed by atoms with Crippen LogP contribution in [-0.2, 0) is 11.3 Å². The van der Waals surface area contributed by atoms with Crippen LogP contribution in [0.25, 0.3) is 20.7 Å². The number of carbonyl (C=O) groups excluding carboxylic acids is 1. The molecule has 4 heterocycles. The number of nitrogens with zero attached hydrogens (tertiary/aromatic N) is 3. The highest BCUT2D eigenvalue weighted by molar-refractivity contribution is 7.18. The largest absolute Gasteiger partial charge is 0.341 e. The third-order valence-electron chi connectivity index (χ3n) is 4.66. The molecule has 4 rings (SSSR count). The van der Waals surface area contributed by atoms with Crippen molar-refractivity contribution in [3.63, 3.8) is 0 Å². The molecular weight excluding hydrogens is 354 g/mol. The van der Waals surface area contributed by atoms with E-state index in [2.05, 4.69) is 11.9 Å². The van der Waals surface area contributed by atoms with Crippen molar-refractivity contribution in [2.45, 2.75) is 26.3 Å². The Kier molecular flexibility index (Phi) is 4.43. The van der Waals surface area contributed by atoms with Gasteiger partial charge >= 0.3 is 0 Å². The lowest BCUT2D eigenvalue weighted by Crippen LogP contribution is -2.42. The van der Waals surface area contributed by atoms with Gasteiger partial charge in [-0.3, -0.25) is 14.2 Å². The standard InChI is InChI=1S/C18H19N3O2S2/c1-12-4-2-6-20(8-12)15(22)9-21-11-19-17-16(18(21)23)13(10-25-17)14-5-3-7-24-14/h3,5,7,10-12H,2,4,6,8-9H2,1H3/t12-/m1/s1. The molecular formula is C18H19N3O2S2. The van der Waals surface area contributed by atoms with Gasteiger partial charge in [-0.05, 0) is 30.2 Å². The van der Waals surface area contributed by atoms with Gasteiger partial charge in [-0.15, -0.1) is 22.7 Å². The fourth-order valence-corrected chi connectivity index (χ4v) is 5.08. The lowest BCUT2D eigenvalue weighted by Gasteiger charge is -2.31. The summed E-state index contributed by atoms with van der Waals surface area (Å²) in [6.07, 6.45) is 3.70. The molecule has 1 saturated heterocycles. The van der Waals surface area contributed by atoms with Crippen LogP contribution < -0.4 is 5.56 Å². The van der Waals surface area contributed by atoms with Gasteiger partial charge in [0, 0.05) is 28.9 Å². The molecule has 0 aromatic carbocycles. The molecule has 3 aromatic heterocycles. The van der Waals surface area contributed by atoms with E-state index in [0.717, 1.165) is 41.2 Å². The van der Waals surface area contributed by atoms with E-state index >= 15 is 0 Å². The molecule has 7 heteroatoms. The number of piperidine rings is 1. The van der Waals surface area contributed by atoms with Crippen LogP contribution in [0.2, 0.25) is 0 Å². The maximum absolute atomic E-state index is 13.0. The smallest absolute Gasteiger partial charge is 0.263 e. The van der Waals surface area contributed by atoms with Gasteiger partial charge in [-0.25, -0.2) is 4.98 Å². The maximum atomic E-state index is 13.0. The minimum Gasteiger partial charge on any atom is -0.341 e. The zero-order valence-corrected chi connectivity index (χ0v) is 15.6. The molecule has 1 aliphatic heterocycles. The molecule has 0 bridgehead atoms. The first-order chi connectivity index (χ1) is 12.1. The Morgan fingerprint density at radius 3 is 3.04 bits per heavy atom. The summed E-state index contributed by atoms with van der Waals surface area (Å²) in [5, 5.41) is 4.59. The first kappa shape index (κ1) is 16.5. The Hall–Kier alpha value is -1.99. The summed E-state index contributed by atoms with van der Waals surface area (Å²) >= 11 is 3.07. The first-order valence-corrected chi connectivity index (χ1v) is 10.2. The number of hydrogen-bond acceptors (Lipinski definition) is 5. The fourth-order valence-electron chi connectivity index (χ4n) is 3.35. The molecule has 130 valence electrons. The first-order valence-electron chi connectivity index (χ1n) is 8.42. The molecule has 0 radical (unpaired) electrons. The van der Waals surface area contributed by atoms with Crippen LogP contribution in [0.5, 0.6) is 0 Å². The summed E-state index contributed by atoms with van der Waals surface area (Å²) < 4.78 is 1.45. The number of fused-ring (bicyclic) bond motifs is 1. The number of carbonyl (C=O) groups is 1. The fraction of sp³-hybridized carbons (Fsp3) is 0.389. The summed E-state index contributed by atoms with van der Waals surface area (Å²) in [4.78, 5) is 33.6. The summed E-state index contributed by atoms with van der Waals surface area (Å²) in [6, 6.07) is 3.97. The molecule has 1 amide bonds. The van der Waals surface area contributed by atoms with E-state index in [0.29, 0.717) is 11.3 Å². The van der Waals surface area contributed by atoms with Crippen LogP contribution in [0.3, 0.4) is 0 Å². The summed E-state index contributed by atoms with van der Waals surface area (Å²) in [5.74, 6) is 0.528. The number of hydrogen-bond donors (Lipinski definition) is 0. The second-order valence-electron chi connectivity index (χ2n) is 6.57. The number of amides is 1. The van der Waals surface area contributed by atoms with E-state index in [9.17, 15) is 9.59 Å². The monoisotopic (exact) mass is 373 g/mol. The van der Waals surface area contributed by atoms with Crippen molar-refractivity contribution in [2.75, 3.05) is 13.1 Å². The van der Waals surface area contributed by atoms with E-state index in [1.807, 2.05) is 27.8 Å². The molecule has 0 saturated carbocycles. The lowest BCUT2D eigenvalue weighted by molar-refractivity contribution is -0.133. The highest BCUT2D eigenvalue weighted by atomic mass is 32.1. The Morgan fingerprint density at radius 1 is 1.40 bits per heavy atom. The predicted octanol–water partition coefficient (Wildman–Crippen LogP) is 3.45. The highest BCUT2D eigenvalue weighted by Gasteiger charge is 2.22. The third kappa shape index (κ3) is 3.14. The van der Waals surface area contributed by atoms with Crippen molar-refractivity contribution in [1.29, 1.82) is 0 Å². The van der Waals surface area contributed by atoms with Crippen molar-refractivity contribution >= 4 is 38.8 Å². The number of thiophene rings is 2. The normalized spacial score (nSPS) is 18.0. The van der Waals surface area contributed by atoms with Gasteiger partial charge in [0.25, 0.3) is 5.56 Å². The van der Waals surface area contributed by atoms with Gasteiger partial charge < -0.3 is 4.90 Å². The maximum Gasteiger partial charge on any atom is 0.263 e. The second-order valence-corrected chi connectivity index (χ2v) is 8.38. The topological polar surface area (TPSA) is 55.2 Å². The van der Waals surface area contributed by atoms with E-state index in [4.69, 9.17) is 0 Å². The van der Waals surface area contributed by atoms with E-state index in [-0.39, 0.29) is 18.0 Å². The van der Waals surface area contributed by atoms with Gasteiger partial charge in [-0.2, -0.15) is 0 Å². The lowest BCUT2D eigenvalue weighted by atomic mass is 10.0. The number of aromatic nitrogens is 2. The molecule has 0 unspecified atom stereocenters. The number of rotatable bonds is 3. The zero-order valence-electron chi connectivity index (χ0n) is 14.0. The van der Waals surface area contributed by atoms with Crippen LogP contribution in [-0.4, -0.2) is 33.4 Å². The molecule has 0 N–H and O–H groups in total. The van der Waals surface area contributed by atoms with Gasteiger partial charge in [0.1, 0.15) is 11.4 Å². The van der Waals surface area contributed by atoms with Crippen LogP contribution in [0.15, 0.2) is 34.0 Å². The highest BCUT2D eigenvalue weighted by Crippen LogP contribution is 2.33. The van der Waals surface area contributed by atoms with Crippen molar-refractivity contribution in [1.82, 2.24) is 14.5 Å². The van der Waals surface area contributed by atoms with Gasteiger partial charge in [0.15, 0.2) is 0 Å². The van der Waals surface area contributed by atoms with Gasteiger partial charge in [0.05, 0.1) is 11.7 Å². The minimum absolute atomic E-state index is 0.00250. The van der Waals surface area contributed by atoms with Crippen LogP contribution in [0.4, 0.5) is 0 Å². The summed E-state index contributed by atoms with van der Waals surface area (Å²) in [5.41, 5.74) is 0.786. The zero-order chi connectivity index (χ0) is 17.4. The van der Waals surface area contributed by atoms with Crippen LogP contribution in [0, 0.1) is 5.92 Å².